The van der Waals surface area contributed by atoms with Crippen LogP contribution in [-0.2, 0) is 4.79 Å². The van der Waals surface area contributed by atoms with Crippen molar-refractivity contribution in [3.63, 3.8) is 0 Å². The van der Waals surface area contributed by atoms with Gasteiger partial charge in [-0.3, -0.25) is 4.79 Å². The summed E-state index contributed by atoms with van der Waals surface area (Å²) >= 11 is 2.96. The zero-order valence-electron chi connectivity index (χ0n) is 13.8. The molecule has 1 amide bonds. The van der Waals surface area contributed by atoms with Crippen molar-refractivity contribution < 1.29 is 4.79 Å². The second-order valence-electron chi connectivity index (χ2n) is 5.80. The second-order valence-corrected chi connectivity index (χ2v) is 8.00. The largest absolute Gasteiger partial charge is 0.339 e. The van der Waals surface area contributed by atoms with Crippen molar-refractivity contribution >= 4 is 39.8 Å². The average molecular weight is 363 g/mol. The number of carbonyl (C=O) groups excluding carboxylic acids is 1. The quantitative estimate of drug-likeness (QED) is 0.782. The lowest BCUT2D eigenvalue weighted by molar-refractivity contribution is -0.132. The Morgan fingerprint density at radius 3 is 2.96 bits per heavy atom. The molecular weight excluding hydrogens is 340 g/mol. The molecule has 1 atom stereocenters. The first kappa shape index (κ1) is 17.2. The minimum atomic E-state index is 0.222. The molecule has 3 rings (SSSR count). The molecule has 1 aliphatic rings. The summed E-state index contributed by atoms with van der Waals surface area (Å²) in [5.41, 5.74) is 0.986. The third-order valence-electron chi connectivity index (χ3n) is 4.17. The van der Waals surface area contributed by atoms with Gasteiger partial charge < -0.3 is 10.2 Å². The van der Waals surface area contributed by atoms with Gasteiger partial charge in [0.25, 0.3) is 0 Å². The molecule has 0 saturated carbocycles. The highest BCUT2D eigenvalue weighted by atomic mass is 32.2. The summed E-state index contributed by atoms with van der Waals surface area (Å²) in [4.78, 5) is 14.5. The van der Waals surface area contributed by atoms with Crippen molar-refractivity contribution in [1.82, 2.24) is 15.1 Å². The van der Waals surface area contributed by atoms with Crippen molar-refractivity contribution in [2.75, 3.05) is 17.6 Å². The van der Waals surface area contributed by atoms with Crippen LogP contribution in [0.25, 0.3) is 0 Å². The van der Waals surface area contributed by atoms with E-state index in [0.717, 1.165) is 41.0 Å². The maximum Gasteiger partial charge on any atom is 0.233 e. The normalized spacial score (nSPS) is 17.7. The Morgan fingerprint density at radius 1 is 1.33 bits per heavy atom. The highest BCUT2D eigenvalue weighted by Gasteiger charge is 2.25. The van der Waals surface area contributed by atoms with Crippen LogP contribution in [0.4, 0.5) is 10.8 Å². The fourth-order valence-corrected chi connectivity index (χ4v) is 4.58. The van der Waals surface area contributed by atoms with Crippen LogP contribution < -0.4 is 5.32 Å². The number of rotatable bonds is 6. The number of anilines is 2. The van der Waals surface area contributed by atoms with E-state index in [1.165, 1.54) is 29.5 Å². The van der Waals surface area contributed by atoms with Crippen LogP contribution in [0.2, 0.25) is 0 Å². The molecule has 0 spiro atoms. The molecular formula is C17H22N4OS2. The Hall–Kier alpha value is -1.60. The summed E-state index contributed by atoms with van der Waals surface area (Å²) in [5, 5.41) is 12.3. The van der Waals surface area contributed by atoms with Gasteiger partial charge in [-0.2, -0.15) is 0 Å². The number of nitrogens with zero attached hydrogens (tertiary/aromatic N) is 3. The van der Waals surface area contributed by atoms with Gasteiger partial charge in [0.05, 0.1) is 5.75 Å². The van der Waals surface area contributed by atoms with E-state index >= 15 is 0 Å². The van der Waals surface area contributed by atoms with Gasteiger partial charge in [0.15, 0.2) is 4.34 Å². The van der Waals surface area contributed by atoms with Crippen LogP contribution >= 0.6 is 23.1 Å². The molecule has 5 nitrogen and oxygen atoms in total. The fourth-order valence-electron chi connectivity index (χ4n) is 2.92. The summed E-state index contributed by atoms with van der Waals surface area (Å²) in [6, 6.07) is 10.3. The lowest BCUT2D eigenvalue weighted by atomic mass is 10.0. The molecule has 2 heterocycles. The predicted molar refractivity (Wildman–Crippen MR) is 100 cm³/mol. The van der Waals surface area contributed by atoms with E-state index < -0.39 is 0 Å². The van der Waals surface area contributed by atoms with Gasteiger partial charge >= 0.3 is 0 Å². The zero-order valence-corrected chi connectivity index (χ0v) is 15.4. The standard InChI is InChI=1S/C17H22N4OS2/c1-2-14-10-6-7-11-21(14)15(22)12-23-17-20-19-16(24-17)18-13-8-4-3-5-9-13/h3-5,8-9,14H,2,6-7,10-12H2,1H3,(H,18,19). The number of hydrogen-bond acceptors (Lipinski definition) is 6. The van der Waals surface area contributed by atoms with E-state index in [4.69, 9.17) is 0 Å². The highest BCUT2D eigenvalue weighted by Crippen LogP contribution is 2.28. The van der Waals surface area contributed by atoms with Gasteiger partial charge in [-0.15, -0.1) is 10.2 Å². The Balaban J connectivity index is 1.52. The molecule has 7 heteroatoms. The lowest BCUT2D eigenvalue weighted by Gasteiger charge is -2.35. The van der Waals surface area contributed by atoms with Gasteiger partial charge in [0.2, 0.25) is 11.0 Å². The summed E-state index contributed by atoms with van der Waals surface area (Å²) in [6.07, 6.45) is 4.54. The molecule has 0 radical (unpaired) electrons. The molecule has 1 aromatic carbocycles. The van der Waals surface area contributed by atoms with E-state index in [1.807, 2.05) is 30.3 Å². The summed E-state index contributed by atoms with van der Waals surface area (Å²) in [7, 11) is 0. The SMILES string of the molecule is CCC1CCCCN1C(=O)CSc1nnc(Nc2ccccc2)s1. The number of aromatic nitrogens is 2. The Labute approximate surface area is 150 Å². The topological polar surface area (TPSA) is 58.1 Å². The average Bonchev–Trinajstić information content (AvgIpc) is 3.08. The van der Waals surface area contributed by atoms with E-state index in [-0.39, 0.29) is 5.91 Å². The van der Waals surface area contributed by atoms with Crippen molar-refractivity contribution in [2.45, 2.75) is 43.0 Å². The predicted octanol–water partition coefficient (Wildman–Crippen LogP) is 4.16. The minimum absolute atomic E-state index is 0.222. The van der Waals surface area contributed by atoms with Crippen LogP contribution in [0, 0.1) is 0 Å². The fraction of sp³-hybridized carbons (Fsp3) is 0.471. The van der Waals surface area contributed by atoms with Crippen molar-refractivity contribution in [3.05, 3.63) is 30.3 Å². The smallest absolute Gasteiger partial charge is 0.233 e. The number of thioether (sulfide) groups is 1. The number of hydrogen-bond donors (Lipinski definition) is 1. The number of benzene rings is 1. The number of nitrogens with one attached hydrogen (secondary N) is 1. The Kier molecular flexibility index (Phi) is 6.09. The number of amides is 1. The minimum Gasteiger partial charge on any atom is -0.339 e. The number of piperidine rings is 1. The molecule has 1 unspecified atom stereocenters. The van der Waals surface area contributed by atoms with Gasteiger partial charge in [-0.25, -0.2) is 0 Å². The molecule has 1 aliphatic heterocycles. The first-order chi connectivity index (χ1) is 11.8. The molecule has 2 aromatic rings. The Bertz CT molecular complexity index is 662. The van der Waals surface area contributed by atoms with Crippen molar-refractivity contribution in [3.8, 4) is 0 Å². The van der Waals surface area contributed by atoms with Crippen LogP contribution in [0.5, 0.6) is 0 Å². The van der Waals surface area contributed by atoms with Gasteiger partial charge in [-0.1, -0.05) is 48.2 Å². The van der Waals surface area contributed by atoms with Crippen molar-refractivity contribution in [1.29, 1.82) is 0 Å². The van der Waals surface area contributed by atoms with E-state index in [9.17, 15) is 4.79 Å². The summed E-state index contributed by atoms with van der Waals surface area (Å²) in [5.74, 6) is 0.663. The monoisotopic (exact) mass is 362 g/mol. The Morgan fingerprint density at radius 2 is 2.17 bits per heavy atom. The second kappa shape index (κ2) is 8.48. The molecule has 24 heavy (non-hydrogen) atoms. The van der Waals surface area contributed by atoms with Crippen LogP contribution in [0.1, 0.15) is 32.6 Å². The molecule has 1 fully saturated rings. The summed E-state index contributed by atoms with van der Waals surface area (Å²) < 4.78 is 0.826. The van der Waals surface area contributed by atoms with E-state index in [1.54, 1.807) is 0 Å². The third-order valence-corrected chi connectivity index (χ3v) is 6.13. The van der Waals surface area contributed by atoms with E-state index in [2.05, 4.69) is 27.3 Å². The third kappa shape index (κ3) is 4.48. The number of carbonyl (C=O) groups is 1. The lowest BCUT2D eigenvalue weighted by Crippen LogP contribution is -2.44. The highest BCUT2D eigenvalue weighted by molar-refractivity contribution is 8.01. The number of para-hydroxylation sites is 1. The van der Waals surface area contributed by atoms with Gasteiger partial charge in [0, 0.05) is 18.3 Å². The van der Waals surface area contributed by atoms with Crippen molar-refractivity contribution in [2.24, 2.45) is 0 Å². The van der Waals surface area contributed by atoms with Crippen LogP contribution in [0.3, 0.4) is 0 Å². The molecule has 1 saturated heterocycles. The van der Waals surface area contributed by atoms with Gasteiger partial charge in [0.1, 0.15) is 0 Å². The molecule has 0 bridgehead atoms. The number of likely N-dealkylation sites (tertiary alicyclic amines) is 1. The molecule has 0 aliphatic carbocycles. The van der Waals surface area contributed by atoms with Crippen LogP contribution in [0.15, 0.2) is 34.7 Å². The maximum atomic E-state index is 12.5. The van der Waals surface area contributed by atoms with E-state index in [0.29, 0.717) is 11.8 Å². The summed E-state index contributed by atoms with van der Waals surface area (Å²) in [6.45, 7) is 3.06. The first-order valence-corrected chi connectivity index (χ1v) is 10.1. The first-order valence-electron chi connectivity index (χ1n) is 8.34. The van der Waals surface area contributed by atoms with Gasteiger partial charge in [-0.05, 0) is 37.8 Å². The van der Waals surface area contributed by atoms with Crippen LogP contribution in [-0.4, -0.2) is 39.3 Å². The maximum absolute atomic E-state index is 12.5. The molecule has 128 valence electrons. The molecule has 1 N–H and O–H groups in total. The zero-order chi connectivity index (χ0) is 16.8. The molecule has 1 aromatic heterocycles.